The molecule has 0 aliphatic heterocycles. The van der Waals surface area contributed by atoms with E-state index in [0.29, 0.717) is 17.5 Å². The average molecular weight is 781 g/mol. The molecular formula is C55H32N4O2. The summed E-state index contributed by atoms with van der Waals surface area (Å²) in [5, 5.41) is 8.79. The average Bonchev–Trinajstić information content (AvgIpc) is 4.02. The molecular weight excluding hydrogens is 749 g/mol. The highest BCUT2D eigenvalue weighted by Gasteiger charge is 2.24. The molecule has 4 aromatic heterocycles. The summed E-state index contributed by atoms with van der Waals surface area (Å²) in [5.41, 5.74) is 10.9. The minimum atomic E-state index is 0.522. The zero-order chi connectivity index (χ0) is 40.0. The monoisotopic (exact) mass is 780 g/mol. The van der Waals surface area contributed by atoms with Crippen LogP contribution in [0.3, 0.4) is 0 Å². The quantitative estimate of drug-likeness (QED) is 0.174. The second kappa shape index (κ2) is 13.1. The van der Waals surface area contributed by atoms with E-state index in [1.807, 2.05) is 48.5 Å². The van der Waals surface area contributed by atoms with Gasteiger partial charge >= 0.3 is 0 Å². The van der Waals surface area contributed by atoms with E-state index in [1.165, 1.54) is 21.5 Å². The number of fused-ring (bicyclic) bond motifs is 11. The molecule has 284 valence electrons. The van der Waals surface area contributed by atoms with Gasteiger partial charge in [0, 0.05) is 43.4 Å². The highest BCUT2D eigenvalue weighted by molar-refractivity contribution is 6.22. The number of hydrogen-bond donors (Lipinski definition) is 0. The SMILES string of the molecule is c1ccc(-c2cccc(-c3nc(-c4cccc5c4oc4ccccc45)nc(-c4ccc(-n5c6ccccc6c6c7ccccc7ccc65)c5oc6ccccc6c45)n3)c2)cc1. The molecule has 0 bridgehead atoms. The number of nitrogens with zero attached hydrogens (tertiary/aromatic N) is 4. The van der Waals surface area contributed by atoms with E-state index in [4.69, 9.17) is 23.8 Å². The lowest BCUT2D eigenvalue weighted by Gasteiger charge is -2.13. The maximum atomic E-state index is 6.93. The molecule has 9 aromatic carbocycles. The first kappa shape index (κ1) is 33.6. The highest BCUT2D eigenvalue weighted by Crippen LogP contribution is 2.44. The zero-order valence-electron chi connectivity index (χ0n) is 32.6. The van der Waals surface area contributed by atoms with Crippen LogP contribution in [-0.2, 0) is 0 Å². The van der Waals surface area contributed by atoms with Gasteiger partial charge in [-0.3, -0.25) is 0 Å². The summed E-state index contributed by atoms with van der Waals surface area (Å²) in [6.45, 7) is 0. The fourth-order valence-corrected chi connectivity index (χ4v) is 9.31. The predicted octanol–water partition coefficient (Wildman–Crippen LogP) is 14.6. The topological polar surface area (TPSA) is 69.9 Å². The van der Waals surface area contributed by atoms with E-state index < -0.39 is 0 Å². The van der Waals surface area contributed by atoms with Crippen LogP contribution in [0.15, 0.2) is 203 Å². The molecule has 0 N–H and O–H groups in total. The van der Waals surface area contributed by atoms with Gasteiger partial charge in [-0.05, 0) is 70.4 Å². The minimum Gasteiger partial charge on any atom is -0.455 e. The summed E-state index contributed by atoms with van der Waals surface area (Å²) in [4.78, 5) is 15.9. The van der Waals surface area contributed by atoms with Crippen LogP contribution in [0, 0.1) is 0 Å². The second-order valence-corrected chi connectivity index (χ2v) is 15.5. The summed E-state index contributed by atoms with van der Waals surface area (Å²) in [7, 11) is 0. The van der Waals surface area contributed by atoms with Crippen molar-refractivity contribution in [2.75, 3.05) is 0 Å². The van der Waals surface area contributed by atoms with E-state index >= 15 is 0 Å². The molecule has 6 nitrogen and oxygen atoms in total. The Labute approximate surface area is 348 Å². The summed E-state index contributed by atoms with van der Waals surface area (Å²) in [6, 6.07) is 67.3. The fourth-order valence-electron chi connectivity index (χ4n) is 9.31. The molecule has 0 spiro atoms. The molecule has 0 unspecified atom stereocenters. The first-order valence-electron chi connectivity index (χ1n) is 20.4. The van der Waals surface area contributed by atoms with Gasteiger partial charge in [0.1, 0.15) is 16.7 Å². The molecule has 0 saturated carbocycles. The number of benzene rings is 9. The highest BCUT2D eigenvalue weighted by atomic mass is 16.3. The normalized spacial score (nSPS) is 11.9. The van der Waals surface area contributed by atoms with Crippen molar-refractivity contribution in [2.45, 2.75) is 0 Å². The number of para-hydroxylation sites is 4. The molecule has 0 atom stereocenters. The van der Waals surface area contributed by atoms with Crippen LogP contribution in [0.1, 0.15) is 0 Å². The first-order valence-corrected chi connectivity index (χ1v) is 20.4. The Kier molecular flexibility index (Phi) is 7.21. The molecule has 0 aliphatic carbocycles. The van der Waals surface area contributed by atoms with Crippen molar-refractivity contribution in [3.8, 4) is 51.0 Å². The molecule has 0 radical (unpaired) electrons. The first-order chi connectivity index (χ1) is 30.2. The van der Waals surface area contributed by atoms with E-state index in [0.717, 1.165) is 88.4 Å². The lowest BCUT2D eigenvalue weighted by molar-refractivity contribution is 0.666. The largest absolute Gasteiger partial charge is 0.455 e. The molecule has 0 amide bonds. The van der Waals surface area contributed by atoms with E-state index in [-0.39, 0.29) is 0 Å². The minimum absolute atomic E-state index is 0.522. The van der Waals surface area contributed by atoms with E-state index in [9.17, 15) is 0 Å². The van der Waals surface area contributed by atoms with Gasteiger partial charge in [0.05, 0.1) is 22.3 Å². The lowest BCUT2D eigenvalue weighted by Crippen LogP contribution is -2.01. The molecule has 13 rings (SSSR count). The summed E-state index contributed by atoms with van der Waals surface area (Å²) < 4.78 is 15.8. The lowest BCUT2D eigenvalue weighted by atomic mass is 10.0. The van der Waals surface area contributed by atoms with Crippen LogP contribution in [0.25, 0.3) is 127 Å². The Morgan fingerprint density at radius 2 is 0.967 bits per heavy atom. The number of hydrogen-bond acceptors (Lipinski definition) is 5. The van der Waals surface area contributed by atoms with Crippen molar-refractivity contribution in [3.63, 3.8) is 0 Å². The van der Waals surface area contributed by atoms with Crippen molar-refractivity contribution >= 4 is 76.5 Å². The molecule has 4 heterocycles. The van der Waals surface area contributed by atoms with E-state index in [2.05, 4.69) is 150 Å². The van der Waals surface area contributed by atoms with Crippen molar-refractivity contribution in [2.24, 2.45) is 0 Å². The van der Waals surface area contributed by atoms with Gasteiger partial charge in [-0.25, -0.2) is 15.0 Å². The third-order valence-electron chi connectivity index (χ3n) is 12.1. The maximum absolute atomic E-state index is 6.93. The Bertz CT molecular complexity index is 3900. The fraction of sp³-hybridized carbons (Fsp3) is 0. The Balaban J connectivity index is 1.10. The van der Waals surface area contributed by atoms with Crippen LogP contribution in [0.2, 0.25) is 0 Å². The van der Waals surface area contributed by atoms with Crippen LogP contribution in [0.4, 0.5) is 0 Å². The third-order valence-corrected chi connectivity index (χ3v) is 12.1. The number of furan rings is 2. The third kappa shape index (κ3) is 5.12. The smallest absolute Gasteiger partial charge is 0.167 e. The van der Waals surface area contributed by atoms with Crippen LogP contribution < -0.4 is 0 Å². The van der Waals surface area contributed by atoms with Gasteiger partial charge in [-0.2, -0.15) is 0 Å². The van der Waals surface area contributed by atoms with Gasteiger partial charge in [0.2, 0.25) is 0 Å². The van der Waals surface area contributed by atoms with Crippen molar-refractivity contribution in [3.05, 3.63) is 194 Å². The molecule has 0 saturated heterocycles. The molecule has 0 fully saturated rings. The molecule has 6 heteroatoms. The van der Waals surface area contributed by atoms with Crippen LogP contribution in [-0.4, -0.2) is 19.5 Å². The summed E-state index contributed by atoms with van der Waals surface area (Å²) in [6.07, 6.45) is 0. The Hall–Kier alpha value is -8.35. The summed E-state index contributed by atoms with van der Waals surface area (Å²) in [5.74, 6) is 1.62. The van der Waals surface area contributed by atoms with Crippen LogP contribution >= 0.6 is 0 Å². The van der Waals surface area contributed by atoms with Crippen molar-refractivity contribution in [1.82, 2.24) is 19.5 Å². The van der Waals surface area contributed by atoms with Gasteiger partial charge in [0.15, 0.2) is 23.1 Å². The van der Waals surface area contributed by atoms with Crippen molar-refractivity contribution in [1.29, 1.82) is 0 Å². The standard InChI is InChI=1S/C55H32N4O2/c1-2-14-33(15-3-1)35-17-12-18-36(32-35)53-56-54(58-55(57-53)43-24-13-23-39-38-20-7-10-26-47(38)60-51(39)43)42-29-31-46(52-50(42)41-22-8-11-27-48(41)61-52)59-44-25-9-6-21-40(44)49-37-19-5-4-16-34(37)28-30-45(49)59/h1-32H. The Morgan fingerprint density at radius 3 is 1.84 bits per heavy atom. The molecule has 0 aliphatic rings. The second-order valence-electron chi connectivity index (χ2n) is 15.5. The van der Waals surface area contributed by atoms with Gasteiger partial charge in [0.25, 0.3) is 0 Å². The molecule has 13 aromatic rings. The van der Waals surface area contributed by atoms with E-state index in [1.54, 1.807) is 0 Å². The zero-order valence-corrected chi connectivity index (χ0v) is 32.6. The maximum Gasteiger partial charge on any atom is 0.167 e. The Morgan fingerprint density at radius 1 is 0.344 bits per heavy atom. The van der Waals surface area contributed by atoms with Gasteiger partial charge in [-0.1, -0.05) is 146 Å². The van der Waals surface area contributed by atoms with Crippen molar-refractivity contribution < 1.29 is 8.83 Å². The molecule has 61 heavy (non-hydrogen) atoms. The number of aromatic nitrogens is 4. The summed E-state index contributed by atoms with van der Waals surface area (Å²) >= 11 is 0. The van der Waals surface area contributed by atoms with Gasteiger partial charge in [-0.15, -0.1) is 0 Å². The predicted molar refractivity (Wildman–Crippen MR) is 248 cm³/mol. The van der Waals surface area contributed by atoms with Crippen LogP contribution in [0.5, 0.6) is 0 Å². The number of rotatable bonds is 5. The van der Waals surface area contributed by atoms with Gasteiger partial charge < -0.3 is 13.4 Å².